The molecule has 0 spiro atoms. The molecule has 1 heteroatoms. The predicted octanol–water partition coefficient (Wildman–Crippen LogP) is 3.01. The number of rotatable bonds is 0. The van der Waals surface area contributed by atoms with Gasteiger partial charge in [-0.1, -0.05) is 24.3 Å². The van der Waals surface area contributed by atoms with Crippen molar-refractivity contribution < 1.29 is 4.74 Å². The van der Waals surface area contributed by atoms with Crippen LogP contribution in [0.5, 0.6) is 0 Å². The minimum Gasteiger partial charge on any atom is -0.363 e. The first kappa shape index (κ1) is 7.81. The van der Waals surface area contributed by atoms with Crippen LogP contribution in [0.1, 0.15) is 38.0 Å². The minimum atomic E-state index is -0.101. The van der Waals surface area contributed by atoms with E-state index in [1.807, 2.05) is 0 Å². The highest BCUT2D eigenvalue weighted by molar-refractivity contribution is 5.36. The molecule has 2 rings (SSSR count). The fourth-order valence-corrected chi connectivity index (χ4v) is 1.97. The fraction of sp³-hybridized carbons (Fsp3) is 0.455. The molecule has 0 amide bonds. The summed E-state index contributed by atoms with van der Waals surface area (Å²) in [6.07, 6.45) is 0.246. The summed E-state index contributed by atoms with van der Waals surface area (Å²) >= 11 is 0. The smallest absolute Gasteiger partial charge is 0.0887 e. The topological polar surface area (TPSA) is 9.23 Å². The van der Waals surface area contributed by atoms with Gasteiger partial charge in [-0.05, 0) is 31.9 Å². The molecule has 1 unspecified atom stereocenters. The zero-order valence-electron chi connectivity index (χ0n) is 7.79. The van der Waals surface area contributed by atoms with E-state index in [9.17, 15) is 0 Å². The molecule has 1 heterocycles. The summed E-state index contributed by atoms with van der Waals surface area (Å²) in [5, 5.41) is 0. The maximum Gasteiger partial charge on any atom is 0.0887 e. The lowest BCUT2D eigenvalue weighted by atomic mass is 9.95. The lowest BCUT2D eigenvalue weighted by molar-refractivity contribution is -0.0435. The number of hydrogen-bond acceptors (Lipinski definition) is 1. The van der Waals surface area contributed by atoms with E-state index in [1.165, 1.54) is 11.1 Å². The second-order valence-corrected chi connectivity index (χ2v) is 3.86. The summed E-state index contributed by atoms with van der Waals surface area (Å²) in [6.45, 7) is 6.35. The first-order chi connectivity index (χ1) is 5.61. The summed E-state index contributed by atoms with van der Waals surface area (Å²) in [5.41, 5.74) is 2.57. The van der Waals surface area contributed by atoms with E-state index in [1.54, 1.807) is 0 Å². The molecule has 0 aliphatic carbocycles. The molecule has 0 saturated heterocycles. The van der Waals surface area contributed by atoms with Gasteiger partial charge in [0.05, 0.1) is 11.7 Å². The van der Waals surface area contributed by atoms with Gasteiger partial charge >= 0.3 is 0 Å². The molecule has 0 saturated carbocycles. The van der Waals surface area contributed by atoms with Crippen molar-refractivity contribution in [2.75, 3.05) is 0 Å². The summed E-state index contributed by atoms with van der Waals surface area (Å²) in [5.74, 6) is 0. The molecule has 0 N–H and O–H groups in total. The van der Waals surface area contributed by atoms with Crippen LogP contribution >= 0.6 is 0 Å². The SMILES string of the molecule is CC1OC(C)(C)c2ccccc21. The summed E-state index contributed by atoms with van der Waals surface area (Å²) in [4.78, 5) is 0. The van der Waals surface area contributed by atoms with Gasteiger partial charge in [-0.3, -0.25) is 0 Å². The minimum absolute atomic E-state index is 0.101. The van der Waals surface area contributed by atoms with Gasteiger partial charge in [0.25, 0.3) is 0 Å². The number of benzene rings is 1. The molecule has 1 aliphatic rings. The number of hydrogen-bond donors (Lipinski definition) is 0. The molecule has 0 bridgehead atoms. The normalized spacial score (nSPS) is 25.4. The molecule has 1 aromatic rings. The molecule has 1 aliphatic heterocycles. The quantitative estimate of drug-likeness (QED) is 0.569. The van der Waals surface area contributed by atoms with E-state index in [-0.39, 0.29) is 11.7 Å². The van der Waals surface area contributed by atoms with E-state index in [0.29, 0.717) is 0 Å². The van der Waals surface area contributed by atoms with Crippen LogP contribution in [0.2, 0.25) is 0 Å². The zero-order valence-corrected chi connectivity index (χ0v) is 7.79. The zero-order chi connectivity index (χ0) is 8.77. The Balaban J connectivity index is 2.58. The van der Waals surface area contributed by atoms with Gasteiger partial charge in [-0.2, -0.15) is 0 Å². The molecule has 1 atom stereocenters. The molecule has 64 valence electrons. The Kier molecular flexibility index (Phi) is 1.52. The first-order valence-electron chi connectivity index (χ1n) is 4.38. The van der Waals surface area contributed by atoms with E-state index < -0.39 is 0 Å². The summed E-state index contributed by atoms with van der Waals surface area (Å²) < 4.78 is 5.82. The number of ether oxygens (including phenoxy) is 1. The number of fused-ring (bicyclic) bond motifs is 1. The Morgan fingerprint density at radius 1 is 1.25 bits per heavy atom. The van der Waals surface area contributed by atoms with Crippen molar-refractivity contribution in [1.82, 2.24) is 0 Å². The van der Waals surface area contributed by atoms with Gasteiger partial charge in [-0.15, -0.1) is 0 Å². The Morgan fingerprint density at radius 2 is 1.92 bits per heavy atom. The monoisotopic (exact) mass is 162 g/mol. The molecule has 12 heavy (non-hydrogen) atoms. The van der Waals surface area contributed by atoms with Crippen LogP contribution in [0.25, 0.3) is 0 Å². The molecular weight excluding hydrogens is 148 g/mol. The maximum absolute atomic E-state index is 5.82. The third kappa shape index (κ3) is 0.969. The predicted molar refractivity (Wildman–Crippen MR) is 49.0 cm³/mol. The van der Waals surface area contributed by atoms with E-state index in [0.717, 1.165) is 0 Å². The lowest BCUT2D eigenvalue weighted by Crippen LogP contribution is -2.14. The highest BCUT2D eigenvalue weighted by atomic mass is 16.5. The van der Waals surface area contributed by atoms with Crippen LogP contribution in [0.3, 0.4) is 0 Å². The van der Waals surface area contributed by atoms with Crippen LogP contribution in [0.15, 0.2) is 24.3 Å². The van der Waals surface area contributed by atoms with Crippen LogP contribution < -0.4 is 0 Å². The Bertz CT molecular complexity index is 302. The van der Waals surface area contributed by atoms with Gasteiger partial charge in [0.15, 0.2) is 0 Å². The highest BCUT2D eigenvalue weighted by Crippen LogP contribution is 2.42. The summed E-state index contributed by atoms with van der Waals surface area (Å²) in [7, 11) is 0. The van der Waals surface area contributed by atoms with E-state index in [2.05, 4.69) is 45.0 Å². The van der Waals surface area contributed by atoms with E-state index >= 15 is 0 Å². The van der Waals surface area contributed by atoms with Crippen molar-refractivity contribution in [1.29, 1.82) is 0 Å². The van der Waals surface area contributed by atoms with Gasteiger partial charge in [-0.25, -0.2) is 0 Å². The van der Waals surface area contributed by atoms with Crippen LogP contribution in [-0.4, -0.2) is 0 Å². The molecule has 1 nitrogen and oxygen atoms in total. The Hall–Kier alpha value is -0.820. The fourth-order valence-electron chi connectivity index (χ4n) is 1.97. The molecular formula is C11H14O. The van der Waals surface area contributed by atoms with E-state index in [4.69, 9.17) is 4.74 Å². The van der Waals surface area contributed by atoms with Gasteiger partial charge in [0, 0.05) is 0 Å². The standard InChI is InChI=1S/C11H14O/c1-8-9-6-4-5-7-10(9)11(2,3)12-8/h4-8H,1-3H3. The molecule has 0 aromatic heterocycles. The second kappa shape index (κ2) is 2.33. The third-order valence-corrected chi connectivity index (χ3v) is 2.52. The highest BCUT2D eigenvalue weighted by Gasteiger charge is 2.34. The van der Waals surface area contributed by atoms with Crippen molar-refractivity contribution in [3.8, 4) is 0 Å². The Labute approximate surface area is 73.4 Å². The van der Waals surface area contributed by atoms with Crippen molar-refractivity contribution >= 4 is 0 Å². The largest absolute Gasteiger partial charge is 0.363 e. The van der Waals surface area contributed by atoms with Crippen molar-refractivity contribution in [2.45, 2.75) is 32.5 Å². The summed E-state index contributed by atoms with van der Waals surface area (Å²) in [6, 6.07) is 8.44. The van der Waals surface area contributed by atoms with Crippen LogP contribution in [-0.2, 0) is 10.3 Å². The van der Waals surface area contributed by atoms with Crippen LogP contribution in [0.4, 0.5) is 0 Å². The van der Waals surface area contributed by atoms with Gasteiger partial charge < -0.3 is 4.74 Å². The van der Waals surface area contributed by atoms with Crippen molar-refractivity contribution in [3.05, 3.63) is 35.4 Å². The molecule has 1 aromatic carbocycles. The molecule has 0 radical (unpaired) electrons. The maximum atomic E-state index is 5.82. The van der Waals surface area contributed by atoms with Crippen molar-refractivity contribution in [3.63, 3.8) is 0 Å². The second-order valence-electron chi connectivity index (χ2n) is 3.86. The average Bonchev–Trinajstić information content (AvgIpc) is 2.25. The van der Waals surface area contributed by atoms with Crippen molar-refractivity contribution in [2.24, 2.45) is 0 Å². The Morgan fingerprint density at radius 3 is 2.58 bits per heavy atom. The average molecular weight is 162 g/mol. The van der Waals surface area contributed by atoms with Gasteiger partial charge in [0.1, 0.15) is 0 Å². The lowest BCUT2D eigenvalue weighted by Gasteiger charge is -2.19. The first-order valence-corrected chi connectivity index (χ1v) is 4.38. The van der Waals surface area contributed by atoms with Crippen LogP contribution in [0, 0.1) is 0 Å². The van der Waals surface area contributed by atoms with Gasteiger partial charge in [0.2, 0.25) is 0 Å². The third-order valence-electron chi connectivity index (χ3n) is 2.52. The molecule has 0 fully saturated rings.